The summed E-state index contributed by atoms with van der Waals surface area (Å²) in [5, 5.41) is 15.2. The average Bonchev–Trinajstić information content (AvgIpc) is 2.65. The van der Waals surface area contributed by atoms with Gasteiger partial charge in [-0.15, -0.1) is 0 Å². The molecule has 5 heteroatoms. The van der Waals surface area contributed by atoms with Gasteiger partial charge in [0.15, 0.2) is 0 Å². The van der Waals surface area contributed by atoms with Crippen molar-refractivity contribution < 1.29 is 9.84 Å². The molecule has 21 heavy (non-hydrogen) atoms. The van der Waals surface area contributed by atoms with Crippen molar-refractivity contribution in [2.75, 3.05) is 0 Å². The van der Waals surface area contributed by atoms with Gasteiger partial charge in [0, 0.05) is 19.0 Å². The molecule has 1 unspecified atom stereocenters. The monoisotopic (exact) mass is 308 g/mol. The van der Waals surface area contributed by atoms with Crippen LogP contribution in [-0.4, -0.2) is 21.0 Å². The fourth-order valence-electron chi connectivity index (χ4n) is 2.26. The minimum atomic E-state index is -0.613. The van der Waals surface area contributed by atoms with E-state index in [1.54, 1.807) is 11.7 Å². The molecule has 0 saturated heterocycles. The minimum Gasteiger partial charge on any atom is -0.491 e. The Bertz CT molecular complexity index is 605. The molecule has 2 aromatic rings. The summed E-state index contributed by atoms with van der Waals surface area (Å²) in [5.41, 5.74) is 2.57. The van der Waals surface area contributed by atoms with E-state index in [-0.39, 0.29) is 6.10 Å². The maximum atomic E-state index is 10.4. The van der Waals surface area contributed by atoms with Crippen LogP contribution in [0.3, 0.4) is 0 Å². The van der Waals surface area contributed by atoms with Crippen molar-refractivity contribution in [3.63, 3.8) is 0 Å². The van der Waals surface area contributed by atoms with E-state index in [1.165, 1.54) is 0 Å². The van der Waals surface area contributed by atoms with E-state index in [0.29, 0.717) is 11.6 Å². The van der Waals surface area contributed by atoms with E-state index in [1.807, 2.05) is 45.0 Å². The fraction of sp³-hybridized carbons (Fsp3) is 0.438. The third kappa shape index (κ3) is 3.77. The van der Waals surface area contributed by atoms with Crippen LogP contribution in [-0.2, 0) is 13.5 Å². The molecule has 0 bridgehead atoms. The summed E-state index contributed by atoms with van der Waals surface area (Å²) in [5.74, 6) is 0.802. The molecule has 4 nitrogen and oxygen atoms in total. The highest BCUT2D eigenvalue weighted by molar-refractivity contribution is 6.30. The topological polar surface area (TPSA) is 47.3 Å². The summed E-state index contributed by atoms with van der Waals surface area (Å²) in [6.07, 6.45) is -0.0285. The van der Waals surface area contributed by atoms with Gasteiger partial charge in [0.2, 0.25) is 0 Å². The van der Waals surface area contributed by atoms with Crippen LogP contribution in [0.4, 0.5) is 0 Å². The molecule has 0 aliphatic carbocycles. The van der Waals surface area contributed by atoms with Gasteiger partial charge < -0.3 is 9.84 Å². The lowest BCUT2D eigenvalue weighted by Crippen LogP contribution is -2.06. The number of aliphatic hydroxyl groups excluding tert-OH is 1. The number of hydrogen-bond acceptors (Lipinski definition) is 3. The number of aryl methyl sites for hydroxylation is 2. The molecule has 1 atom stereocenters. The number of nitrogens with zero attached hydrogens (tertiary/aromatic N) is 2. The van der Waals surface area contributed by atoms with Crippen molar-refractivity contribution in [3.8, 4) is 5.75 Å². The van der Waals surface area contributed by atoms with Gasteiger partial charge in [-0.3, -0.25) is 4.68 Å². The standard InChI is InChI=1S/C16H21ClN2O2/c1-10(2)21-13-7-5-12(6-8-13)15(20)9-14-11(3)18-19(4)16(14)17/h5-8,10,15,20H,9H2,1-4H3. The second-order valence-corrected chi connectivity index (χ2v) is 5.79. The molecular weight excluding hydrogens is 288 g/mol. The number of benzene rings is 1. The first-order chi connectivity index (χ1) is 9.88. The first kappa shape index (κ1) is 15.9. The molecular formula is C16H21ClN2O2. The van der Waals surface area contributed by atoms with Crippen LogP contribution >= 0.6 is 11.6 Å². The van der Waals surface area contributed by atoms with Gasteiger partial charge in [0.05, 0.1) is 17.9 Å². The number of rotatable bonds is 5. The van der Waals surface area contributed by atoms with E-state index in [4.69, 9.17) is 16.3 Å². The van der Waals surface area contributed by atoms with Crippen LogP contribution in [0.1, 0.15) is 36.8 Å². The summed E-state index contributed by atoms with van der Waals surface area (Å²) < 4.78 is 7.22. The summed E-state index contributed by atoms with van der Waals surface area (Å²) in [7, 11) is 1.79. The zero-order chi connectivity index (χ0) is 15.6. The molecule has 2 rings (SSSR count). The second kappa shape index (κ2) is 6.50. The molecule has 0 fully saturated rings. The quantitative estimate of drug-likeness (QED) is 0.920. The molecule has 0 saturated carbocycles. The van der Waals surface area contributed by atoms with Crippen molar-refractivity contribution in [1.29, 1.82) is 0 Å². The largest absolute Gasteiger partial charge is 0.491 e. The Kier molecular flexibility index (Phi) is 4.91. The Hall–Kier alpha value is -1.52. The number of aliphatic hydroxyl groups is 1. The Morgan fingerprint density at radius 1 is 1.29 bits per heavy atom. The molecule has 1 N–H and O–H groups in total. The normalized spacial score (nSPS) is 12.7. The number of aromatic nitrogens is 2. The maximum absolute atomic E-state index is 10.4. The zero-order valence-electron chi connectivity index (χ0n) is 12.8. The molecule has 1 aromatic heterocycles. The van der Waals surface area contributed by atoms with E-state index >= 15 is 0 Å². The van der Waals surface area contributed by atoms with Gasteiger partial charge >= 0.3 is 0 Å². The van der Waals surface area contributed by atoms with Crippen LogP contribution in [0.15, 0.2) is 24.3 Å². The molecule has 1 aromatic carbocycles. The molecule has 0 aliphatic heterocycles. The summed E-state index contributed by atoms with van der Waals surface area (Å²) in [4.78, 5) is 0. The van der Waals surface area contributed by atoms with E-state index in [9.17, 15) is 5.11 Å². The fourth-order valence-corrected chi connectivity index (χ4v) is 2.51. The van der Waals surface area contributed by atoms with Crippen molar-refractivity contribution >= 4 is 11.6 Å². The van der Waals surface area contributed by atoms with Crippen molar-refractivity contribution in [2.45, 2.75) is 39.4 Å². The predicted molar refractivity (Wildman–Crippen MR) is 83.8 cm³/mol. The van der Waals surface area contributed by atoms with Gasteiger partial charge in [-0.2, -0.15) is 5.10 Å². The summed E-state index contributed by atoms with van der Waals surface area (Å²) >= 11 is 6.20. The zero-order valence-corrected chi connectivity index (χ0v) is 13.6. The molecule has 0 amide bonds. The van der Waals surface area contributed by atoms with Crippen LogP contribution in [0, 0.1) is 6.92 Å². The first-order valence-corrected chi connectivity index (χ1v) is 7.39. The minimum absolute atomic E-state index is 0.137. The lowest BCUT2D eigenvalue weighted by Gasteiger charge is -2.13. The van der Waals surface area contributed by atoms with Crippen LogP contribution in [0.25, 0.3) is 0 Å². The highest BCUT2D eigenvalue weighted by atomic mass is 35.5. The third-order valence-corrected chi connectivity index (χ3v) is 3.78. The number of halogens is 1. The Morgan fingerprint density at radius 2 is 1.90 bits per heavy atom. The van der Waals surface area contributed by atoms with Crippen molar-refractivity contribution in [1.82, 2.24) is 9.78 Å². The molecule has 114 valence electrons. The van der Waals surface area contributed by atoms with E-state index in [2.05, 4.69) is 5.10 Å². The Balaban J connectivity index is 2.11. The SMILES string of the molecule is Cc1nn(C)c(Cl)c1CC(O)c1ccc(OC(C)C)cc1. The van der Waals surface area contributed by atoms with E-state index < -0.39 is 6.10 Å². The van der Waals surface area contributed by atoms with Gasteiger partial charge in [-0.1, -0.05) is 23.7 Å². The molecule has 0 spiro atoms. The van der Waals surface area contributed by atoms with Gasteiger partial charge in [-0.25, -0.2) is 0 Å². The van der Waals surface area contributed by atoms with Gasteiger partial charge in [-0.05, 0) is 38.5 Å². The van der Waals surface area contributed by atoms with E-state index in [0.717, 1.165) is 22.6 Å². The average molecular weight is 309 g/mol. The molecule has 1 heterocycles. The van der Waals surface area contributed by atoms with Crippen LogP contribution in [0.2, 0.25) is 5.15 Å². The summed E-state index contributed by atoms with van der Waals surface area (Å²) in [6.45, 7) is 5.86. The predicted octanol–water partition coefficient (Wildman–Crippen LogP) is 3.45. The molecule has 0 radical (unpaired) electrons. The van der Waals surface area contributed by atoms with Crippen LogP contribution in [0.5, 0.6) is 5.75 Å². The third-order valence-electron chi connectivity index (χ3n) is 3.30. The molecule has 0 aliphatic rings. The lowest BCUT2D eigenvalue weighted by molar-refractivity contribution is 0.178. The smallest absolute Gasteiger partial charge is 0.130 e. The summed E-state index contributed by atoms with van der Waals surface area (Å²) in [6, 6.07) is 7.50. The first-order valence-electron chi connectivity index (χ1n) is 7.01. The van der Waals surface area contributed by atoms with Crippen molar-refractivity contribution in [2.24, 2.45) is 7.05 Å². The van der Waals surface area contributed by atoms with Gasteiger partial charge in [0.1, 0.15) is 10.9 Å². The Labute approximate surface area is 130 Å². The van der Waals surface area contributed by atoms with Crippen molar-refractivity contribution in [3.05, 3.63) is 46.2 Å². The maximum Gasteiger partial charge on any atom is 0.130 e. The lowest BCUT2D eigenvalue weighted by atomic mass is 10.0. The Morgan fingerprint density at radius 3 is 2.38 bits per heavy atom. The highest BCUT2D eigenvalue weighted by Gasteiger charge is 2.16. The second-order valence-electron chi connectivity index (χ2n) is 5.43. The van der Waals surface area contributed by atoms with Gasteiger partial charge in [0.25, 0.3) is 0 Å². The highest BCUT2D eigenvalue weighted by Crippen LogP contribution is 2.26. The number of hydrogen-bond donors (Lipinski definition) is 1. The number of ether oxygens (including phenoxy) is 1. The van der Waals surface area contributed by atoms with Crippen LogP contribution < -0.4 is 4.74 Å².